The zero-order chi connectivity index (χ0) is 26.1. The van der Waals surface area contributed by atoms with Gasteiger partial charge in [0.15, 0.2) is 0 Å². The lowest BCUT2D eigenvalue weighted by molar-refractivity contribution is 0.122. The van der Waals surface area contributed by atoms with Gasteiger partial charge in [-0.2, -0.15) is 0 Å². The van der Waals surface area contributed by atoms with E-state index < -0.39 is 12.2 Å². The van der Waals surface area contributed by atoms with Gasteiger partial charge in [0.25, 0.3) is 0 Å². The van der Waals surface area contributed by atoms with E-state index in [1.807, 2.05) is 19.1 Å². The molecule has 1 aliphatic rings. The largest absolute Gasteiger partial charge is 0.491 e. The second-order valence-electron chi connectivity index (χ2n) is 10.1. The average molecular weight is 495 g/mol. The molecule has 0 saturated carbocycles. The maximum absolute atomic E-state index is 9.65. The standard InChI is InChI=1S/C33H34O4/c1-20-15-25(9-13-31(20)36-18-22(3)34)28-11-12-29-27-8-6-5-7-24(27)17-30(29)33(28)26-10-14-32(21(2)16-26)37-19-23(4)35/h5-16,22-23,34-35H,17-19H2,1-4H3. The molecule has 2 unspecified atom stereocenters. The molecule has 4 aromatic carbocycles. The zero-order valence-corrected chi connectivity index (χ0v) is 21.9. The van der Waals surface area contributed by atoms with E-state index in [2.05, 4.69) is 67.6 Å². The summed E-state index contributed by atoms with van der Waals surface area (Å²) in [7, 11) is 0. The summed E-state index contributed by atoms with van der Waals surface area (Å²) in [6.45, 7) is 8.08. The normalized spacial score (nSPS) is 13.6. The molecule has 0 saturated heterocycles. The Hall–Kier alpha value is -3.60. The maximum Gasteiger partial charge on any atom is 0.122 e. The van der Waals surface area contributed by atoms with Crippen LogP contribution in [0.25, 0.3) is 33.4 Å². The van der Waals surface area contributed by atoms with Crippen molar-refractivity contribution >= 4 is 0 Å². The first-order chi connectivity index (χ1) is 17.8. The highest BCUT2D eigenvalue weighted by atomic mass is 16.5. The number of hydrogen-bond acceptors (Lipinski definition) is 4. The molecule has 0 radical (unpaired) electrons. The molecule has 2 atom stereocenters. The first-order valence-electron chi connectivity index (χ1n) is 12.9. The number of rotatable bonds is 8. The molecule has 4 heteroatoms. The van der Waals surface area contributed by atoms with Crippen molar-refractivity contribution in [3.05, 3.63) is 95.1 Å². The Morgan fingerprint density at radius 2 is 1.24 bits per heavy atom. The van der Waals surface area contributed by atoms with Crippen LogP contribution in [0.4, 0.5) is 0 Å². The lowest BCUT2D eigenvalue weighted by atomic mass is 9.87. The van der Waals surface area contributed by atoms with Crippen LogP contribution in [-0.2, 0) is 6.42 Å². The number of aliphatic hydroxyl groups is 2. The highest BCUT2D eigenvalue weighted by Crippen LogP contribution is 2.46. The molecule has 0 aromatic heterocycles. The van der Waals surface area contributed by atoms with Gasteiger partial charge < -0.3 is 19.7 Å². The molecule has 0 heterocycles. The van der Waals surface area contributed by atoms with Crippen LogP contribution in [0.1, 0.15) is 36.1 Å². The zero-order valence-electron chi connectivity index (χ0n) is 21.9. The molecule has 0 amide bonds. The summed E-state index contributed by atoms with van der Waals surface area (Å²) in [5.74, 6) is 1.58. The fourth-order valence-electron chi connectivity index (χ4n) is 5.15. The van der Waals surface area contributed by atoms with Crippen molar-refractivity contribution in [2.75, 3.05) is 13.2 Å². The van der Waals surface area contributed by atoms with Gasteiger partial charge in [0.1, 0.15) is 24.7 Å². The third-order valence-electron chi connectivity index (χ3n) is 6.90. The minimum Gasteiger partial charge on any atom is -0.491 e. The summed E-state index contributed by atoms with van der Waals surface area (Å²) in [4.78, 5) is 0. The molecular weight excluding hydrogens is 460 g/mol. The summed E-state index contributed by atoms with van der Waals surface area (Å²) in [6.07, 6.45) is -0.139. The van der Waals surface area contributed by atoms with Crippen molar-refractivity contribution in [1.29, 1.82) is 0 Å². The summed E-state index contributed by atoms with van der Waals surface area (Å²) in [5, 5.41) is 19.3. The second-order valence-corrected chi connectivity index (χ2v) is 10.1. The van der Waals surface area contributed by atoms with E-state index >= 15 is 0 Å². The van der Waals surface area contributed by atoms with Gasteiger partial charge in [-0.05, 0) is 114 Å². The van der Waals surface area contributed by atoms with E-state index in [4.69, 9.17) is 9.47 Å². The van der Waals surface area contributed by atoms with Crippen molar-refractivity contribution in [2.45, 2.75) is 46.3 Å². The van der Waals surface area contributed by atoms with Crippen LogP contribution in [0.3, 0.4) is 0 Å². The van der Waals surface area contributed by atoms with Crippen LogP contribution in [0.15, 0.2) is 72.8 Å². The van der Waals surface area contributed by atoms with E-state index in [1.54, 1.807) is 13.8 Å². The highest BCUT2D eigenvalue weighted by Gasteiger charge is 2.24. The molecule has 2 N–H and O–H groups in total. The molecule has 5 rings (SSSR count). The highest BCUT2D eigenvalue weighted by molar-refractivity contribution is 5.94. The van der Waals surface area contributed by atoms with E-state index in [0.717, 1.165) is 40.2 Å². The predicted molar refractivity (Wildman–Crippen MR) is 149 cm³/mol. The molecule has 1 aliphatic carbocycles. The Kier molecular flexibility index (Phi) is 7.05. The third-order valence-corrected chi connectivity index (χ3v) is 6.90. The van der Waals surface area contributed by atoms with E-state index in [0.29, 0.717) is 0 Å². The smallest absolute Gasteiger partial charge is 0.122 e. The van der Waals surface area contributed by atoms with Crippen LogP contribution in [0.5, 0.6) is 11.5 Å². The third kappa shape index (κ3) is 5.13. The molecule has 0 fully saturated rings. The number of aliphatic hydroxyl groups excluding tert-OH is 2. The van der Waals surface area contributed by atoms with Crippen LogP contribution in [0.2, 0.25) is 0 Å². The Labute approximate surface area is 219 Å². The first kappa shape index (κ1) is 25.1. The molecule has 0 bridgehead atoms. The molecule has 37 heavy (non-hydrogen) atoms. The maximum atomic E-state index is 9.65. The van der Waals surface area contributed by atoms with Crippen molar-refractivity contribution in [2.24, 2.45) is 0 Å². The van der Waals surface area contributed by atoms with Gasteiger partial charge in [-0.15, -0.1) is 0 Å². The summed E-state index contributed by atoms with van der Waals surface area (Å²) >= 11 is 0. The van der Waals surface area contributed by atoms with Gasteiger partial charge in [0.05, 0.1) is 12.2 Å². The van der Waals surface area contributed by atoms with Crippen molar-refractivity contribution in [1.82, 2.24) is 0 Å². The molecule has 0 spiro atoms. The quantitative estimate of drug-likeness (QED) is 0.251. The fraction of sp³-hybridized carbons (Fsp3) is 0.273. The number of aryl methyl sites for hydroxylation is 2. The van der Waals surface area contributed by atoms with Crippen LogP contribution >= 0.6 is 0 Å². The molecule has 190 valence electrons. The van der Waals surface area contributed by atoms with Gasteiger partial charge >= 0.3 is 0 Å². The molecule has 0 aliphatic heterocycles. The Morgan fingerprint density at radius 3 is 1.86 bits per heavy atom. The predicted octanol–water partition coefficient (Wildman–Crippen LogP) is 6.73. The van der Waals surface area contributed by atoms with E-state index in [-0.39, 0.29) is 13.2 Å². The molecule has 4 aromatic rings. The lowest BCUT2D eigenvalue weighted by Crippen LogP contribution is -2.13. The number of ether oxygens (including phenoxy) is 2. The van der Waals surface area contributed by atoms with Crippen LogP contribution < -0.4 is 9.47 Å². The Balaban J connectivity index is 1.62. The van der Waals surface area contributed by atoms with E-state index in [9.17, 15) is 10.2 Å². The Morgan fingerprint density at radius 1 is 0.676 bits per heavy atom. The first-order valence-corrected chi connectivity index (χ1v) is 12.9. The minimum absolute atomic E-state index is 0.268. The van der Waals surface area contributed by atoms with Crippen molar-refractivity contribution < 1.29 is 19.7 Å². The van der Waals surface area contributed by atoms with Crippen molar-refractivity contribution in [3.63, 3.8) is 0 Å². The summed E-state index contributed by atoms with van der Waals surface area (Å²) in [5.41, 5.74) is 12.0. The molecule has 4 nitrogen and oxygen atoms in total. The topological polar surface area (TPSA) is 58.9 Å². The van der Waals surface area contributed by atoms with Gasteiger partial charge in [-0.3, -0.25) is 0 Å². The van der Waals surface area contributed by atoms with Crippen molar-refractivity contribution in [3.8, 4) is 44.9 Å². The summed E-state index contributed by atoms with van der Waals surface area (Å²) < 4.78 is 11.6. The van der Waals surface area contributed by atoms with Gasteiger partial charge in [-0.25, -0.2) is 0 Å². The molecular formula is C33H34O4. The minimum atomic E-state index is -0.516. The number of fused-ring (bicyclic) bond motifs is 3. The average Bonchev–Trinajstić information content (AvgIpc) is 3.25. The van der Waals surface area contributed by atoms with Gasteiger partial charge in [-0.1, -0.05) is 48.5 Å². The van der Waals surface area contributed by atoms with Gasteiger partial charge in [0, 0.05) is 0 Å². The van der Waals surface area contributed by atoms with Gasteiger partial charge in [0.2, 0.25) is 0 Å². The number of benzene rings is 4. The fourth-order valence-corrected chi connectivity index (χ4v) is 5.15. The lowest BCUT2D eigenvalue weighted by Gasteiger charge is -2.19. The van der Waals surface area contributed by atoms with Crippen LogP contribution in [-0.4, -0.2) is 35.6 Å². The monoisotopic (exact) mass is 494 g/mol. The Bertz CT molecular complexity index is 1430. The van der Waals surface area contributed by atoms with E-state index in [1.165, 1.54) is 33.4 Å². The summed E-state index contributed by atoms with van der Waals surface area (Å²) in [6, 6.07) is 25.7. The number of hydrogen-bond donors (Lipinski definition) is 2. The second kappa shape index (κ2) is 10.4. The van der Waals surface area contributed by atoms with Crippen LogP contribution in [0, 0.1) is 13.8 Å². The SMILES string of the molecule is Cc1cc(-c2ccc3c(c2-c2ccc(OCC(C)O)c(C)c2)Cc2ccccc2-3)ccc1OCC(C)O.